The maximum Gasteiger partial charge on any atom is 0.170 e. The summed E-state index contributed by atoms with van der Waals surface area (Å²) in [5, 5.41) is 0.847. The maximum atomic E-state index is 6.00. The lowest BCUT2D eigenvalue weighted by molar-refractivity contribution is 0.405. The average molecular weight is 249 g/mol. The monoisotopic (exact) mass is 249 g/mol. The molecule has 3 N–H and O–H groups in total. The summed E-state index contributed by atoms with van der Waals surface area (Å²) in [5.74, 6) is 0.816. The van der Waals surface area contributed by atoms with Gasteiger partial charge in [0.1, 0.15) is 5.75 Å². The summed E-state index contributed by atoms with van der Waals surface area (Å²) >= 11 is 1.55. The van der Waals surface area contributed by atoms with Gasteiger partial charge in [0.25, 0.3) is 0 Å². The number of ether oxygens (including phenoxy) is 1. The molecule has 4 nitrogen and oxygen atoms in total. The van der Waals surface area contributed by atoms with Gasteiger partial charge in [-0.05, 0) is 19.1 Å². The Morgan fingerprint density at radius 1 is 1.47 bits per heavy atom. The number of nitrogens with zero attached hydrogens (tertiary/aromatic N) is 1. The van der Waals surface area contributed by atoms with Crippen molar-refractivity contribution in [1.82, 2.24) is 9.97 Å². The first-order valence-electron chi connectivity index (χ1n) is 5.32. The van der Waals surface area contributed by atoms with Crippen molar-refractivity contribution in [2.75, 3.05) is 7.11 Å². The Bertz CT molecular complexity index is 483. The van der Waals surface area contributed by atoms with Crippen molar-refractivity contribution < 1.29 is 4.74 Å². The van der Waals surface area contributed by atoms with Crippen LogP contribution in [0.1, 0.15) is 18.5 Å². The molecular weight excluding hydrogens is 234 g/mol. The number of hydrogen-bond donors (Lipinski definition) is 2. The fourth-order valence-corrected chi connectivity index (χ4v) is 2.64. The quantitative estimate of drug-likeness (QED) is 0.874. The van der Waals surface area contributed by atoms with Crippen LogP contribution in [0.15, 0.2) is 40.6 Å². The third kappa shape index (κ3) is 2.62. The second-order valence-electron chi connectivity index (χ2n) is 3.66. The van der Waals surface area contributed by atoms with E-state index in [1.807, 2.05) is 25.1 Å². The van der Waals surface area contributed by atoms with Crippen LogP contribution >= 0.6 is 11.8 Å². The van der Waals surface area contributed by atoms with Crippen molar-refractivity contribution in [2.45, 2.75) is 23.0 Å². The normalized spacial score (nSPS) is 12.4. The Kier molecular flexibility index (Phi) is 3.71. The molecule has 1 atom stereocenters. The van der Waals surface area contributed by atoms with Gasteiger partial charge in [-0.25, -0.2) is 4.98 Å². The molecule has 5 heteroatoms. The molecule has 0 bridgehead atoms. The standard InChI is InChI=1S/C12H15N3OS/c1-8(13)11-9(16-2)4-3-5-10(11)17-12-14-6-7-15-12/h3-8H,13H2,1-2H3,(H,14,15). The molecule has 0 fully saturated rings. The van der Waals surface area contributed by atoms with Gasteiger partial charge in [0.15, 0.2) is 5.16 Å². The Morgan fingerprint density at radius 2 is 2.29 bits per heavy atom. The molecule has 1 aromatic heterocycles. The minimum atomic E-state index is -0.0800. The van der Waals surface area contributed by atoms with Gasteiger partial charge in [-0.2, -0.15) is 0 Å². The number of hydrogen-bond acceptors (Lipinski definition) is 4. The zero-order valence-electron chi connectivity index (χ0n) is 9.81. The number of rotatable bonds is 4. The zero-order chi connectivity index (χ0) is 12.3. The summed E-state index contributed by atoms with van der Waals surface area (Å²) in [6, 6.07) is 5.82. The highest BCUT2D eigenvalue weighted by Gasteiger charge is 2.14. The van der Waals surface area contributed by atoms with E-state index in [0.29, 0.717) is 0 Å². The third-order valence-corrected chi connectivity index (χ3v) is 3.37. The van der Waals surface area contributed by atoms with Crippen LogP contribution in [0.3, 0.4) is 0 Å². The molecule has 1 unspecified atom stereocenters. The van der Waals surface area contributed by atoms with Crippen LogP contribution in [0.2, 0.25) is 0 Å². The van der Waals surface area contributed by atoms with E-state index >= 15 is 0 Å². The first kappa shape index (κ1) is 12.0. The van der Waals surface area contributed by atoms with Crippen molar-refractivity contribution in [3.05, 3.63) is 36.2 Å². The predicted octanol–water partition coefficient (Wildman–Crippen LogP) is 2.59. The van der Waals surface area contributed by atoms with Gasteiger partial charge in [-0.3, -0.25) is 0 Å². The molecule has 0 aliphatic carbocycles. The number of benzene rings is 1. The fraction of sp³-hybridized carbons (Fsp3) is 0.250. The summed E-state index contributed by atoms with van der Waals surface area (Å²) in [5.41, 5.74) is 7.01. The lowest BCUT2D eigenvalue weighted by Gasteiger charge is -2.15. The molecule has 0 aliphatic heterocycles. The number of nitrogens with two attached hydrogens (primary N) is 1. The predicted molar refractivity (Wildman–Crippen MR) is 68.3 cm³/mol. The largest absolute Gasteiger partial charge is 0.496 e. The highest BCUT2D eigenvalue weighted by Crippen LogP contribution is 2.36. The summed E-state index contributed by atoms with van der Waals surface area (Å²) < 4.78 is 5.34. The summed E-state index contributed by atoms with van der Waals surface area (Å²) in [4.78, 5) is 8.32. The van der Waals surface area contributed by atoms with Crippen molar-refractivity contribution in [2.24, 2.45) is 5.73 Å². The van der Waals surface area contributed by atoms with Gasteiger partial charge in [0, 0.05) is 28.9 Å². The van der Waals surface area contributed by atoms with Crippen molar-refractivity contribution in [1.29, 1.82) is 0 Å². The topological polar surface area (TPSA) is 63.9 Å². The first-order valence-corrected chi connectivity index (χ1v) is 6.13. The molecule has 0 amide bonds. The SMILES string of the molecule is COc1cccc(Sc2ncc[nH]2)c1C(C)N. The Morgan fingerprint density at radius 3 is 2.88 bits per heavy atom. The van der Waals surface area contributed by atoms with E-state index in [1.165, 1.54) is 0 Å². The minimum absolute atomic E-state index is 0.0800. The van der Waals surface area contributed by atoms with Crippen LogP contribution in [0.25, 0.3) is 0 Å². The molecule has 0 aliphatic rings. The number of H-pyrrole nitrogens is 1. The lowest BCUT2D eigenvalue weighted by Crippen LogP contribution is -2.08. The van der Waals surface area contributed by atoms with Gasteiger partial charge >= 0.3 is 0 Å². The molecule has 90 valence electrons. The van der Waals surface area contributed by atoms with E-state index in [4.69, 9.17) is 10.5 Å². The van der Waals surface area contributed by atoms with Crippen LogP contribution in [0.5, 0.6) is 5.75 Å². The van der Waals surface area contributed by atoms with Crippen molar-refractivity contribution >= 4 is 11.8 Å². The second kappa shape index (κ2) is 5.25. The molecule has 0 radical (unpaired) electrons. The van der Waals surface area contributed by atoms with E-state index in [2.05, 4.69) is 9.97 Å². The lowest BCUT2D eigenvalue weighted by atomic mass is 10.1. The van der Waals surface area contributed by atoms with Crippen LogP contribution in [0, 0.1) is 0 Å². The zero-order valence-corrected chi connectivity index (χ0v) is 10.6. The highest BCUT2D eigenvalue weighted by molar-refractivity contribution is 7.99. The molecular formula is C12H15N3OS. The molecule has 0 saturated heterocycles. The molecule has 1 heterocycles. The Labute approximate surface area is 105 Å². The van der Waals surface area contributed by atoms with E-state index in [0.717, 1.165) is 21.4 Å². The Hall–Kier alpha value is -1.46. The number of imidazole rings is 1. The molecule has 17 heavy (non-hydrogen) atoms. The minimum Gasteiger partial charge on any atom is -0.496 e. The van der Waals surface area contributed by atoms with Crippen molar-refractivity contribution in [3.8, 4) is 5.75 Å². The van der Waals surface area contributed by atoms with Crippen LogP contribution in [-0.2, 0) is 0 Å². The van der Waals surface area contributed by atoms with E-state index in [9.17, 15) is 0 Å². The molecule has 2 aromatic rings. The van der Waals surface area contributed by atoms with Gasteiger partial charge in [-0.1, -0.05) is 17.8 Å². The molecule has 0 spiro atoms. The average Bonchev–Trinajstić information content (AvgIpc) is 2.81. The van der Waals surface area contributed by atoms with Gasteiger partial charge in [0.05, 0.1) is 7.11 Å². The van der Waals surface area contributed by atoms with E-state index < -0.39 is 0 Å². The Balaban J connectivity index is 2.39. The summed E-state index contributed by atoms with van der Waals surface area (Å²) in [6.07, 6.45) is 3.53. The molecule has 0 saturated carbocycles. The molecule has 1 aromatic carbocycles. The van der Waals surface area contributed by atoms with Crippen LogP contribution in [-0.4, -0.2) is 17.1 Å². The number of aromatic nitrogens is 2. The van der Waals surface area contributed by atoms with Crippen LogP contribution in [0.4, 0.5) is 0 Å². The van der Waals surface area contributed by atoms with Crippen LogP contribution < -0.4 is 10.5 Å². The van der Waals surface area contributed by atoms with Crippen molar-refractivity contribution in [3.63, 3.8) is 0 Å². The number of methoxy groups -OCH3 is 1. The number of aromatic amines is 1. The second-order valence-corrected chi connectivity index (χ2v) is 4.69. The number of nitrogens with one attached hydrogen (secondary N) is 1. The molecule has 2 rings (SSSR count). The summed E-state index contributed by atoms with van der Waals surface area (Å²) in [7, 11) is 1.66. The smallest absolute Gasteiger partial charge is 0.170 e. The van der Waals surface area contributed by atoms with E-state index in [-0.39, 0.29) is 6.04 Å². The highest BCUT2D eigenvalue weighted by atomic mass is 32.2. The van der Waals surface area contributed by atoms with Gasteiger partial charge in [-0.15, -0.1) is 0 Å². The van der Waals surface area contributed by atoms with Gasteiger partial charge < -0.3 is 15.5 Å². The third-order valence-electron chi connectivity index (χ3n) is 2.38. The fourth-order valence-electron chi connectivity index (χ4n) is 1.65. The van der Waals surface area contributed by atoms with Gasteiger partial charge in [0.2, 0.25) is 0 Å². The van der Waals surface area contributed by atoms with E-state index in [1.54, 1.807) is 31.3 Å². The summed E-state index contributed by atoms with van der Waals surface area (Å²) in [6.45, 7) is 1.95. The first-order chi connectivity index (χ1) is 8.22. The maximum absolute atomic E-state index is 6.00.